The Hall–Kier alpha value is -5.77. The maximum atomic E-state index is 13.8. The molecule has 6 aliphatic rings. The number of likely N-dealkylation sites (tertiary alicyclic amines) is 1. The van der Waals surface area contributed by atoms with Crippen LogP contribution in [-0.4, -0.2) is 149 Å². The molecule has 3 N–H and O–H groups in total. The molecule has 0 aliphatic carbocycles. The Morgan fingerprint density at radius 1 is 0.860 bits per heavy atom. The normalized spacial score (nSPS) is 23.2. The quantitative estimate of drug-likeness (QED) is 0.313. The second-order valence-corrected chi connectivity index (χ2v) is 16.2. The molecule has 0 spiro atoms. The molecule has 1 unspecified atom stereocenters. The van der Waals surface area contributed by atoms with Gasteiger partial charge in [-0.3, -0.25) is 29.4 Å². The van der Waals surface area contributed by atoms with E-state index in [0.717, 1.165) is 80.5 Å². The third kappa shape index (κ3) is 6.89. The van der Waals surface area contributed by atoms with Crippen molar-refractivity contribution in [3.63, 3.8) is 0 Å². The van der Waals surface area contributed by atoms with Gasteiger partial charge >= 0.3 is 6.03 Å². The predicted octanol–water partition coefficient (Wildman–Crippen LogP) is 2.60. The topological polar surface area (TPSA) is 175 Å². The van der Waals surface area contributed by atoms with Crippen molar-refractivity contribution < 1.29 is 29.1 Å². The number of hydrogen-bond donors (Lipinski definition) is 3. The number of carbonyl (C=O) groups is 5. The van der Waals surface area contributed by atoms with Crippen LogP contribution in [0.5, 0.6) is 5.75 Å². The molecule has 3 aromatic rings. The number of benzene rings is 2. The summed E-state index contributed by atoms with van der Waals surface area (Å²) in [6, 6.07) is 13.8. The van der Waals surface area contributed by atoms with Gasteiger partial charge < -0.3 is 34.9 Å². The van der Waals surface area contributed by atoms with E-state index in [-0.39, 0.29) is 36.7 Å². The number of carbonyl (C=O) groups excluding carboxylic acids is 5. The van der Waals surface area contributed by atoms with Crippen molar-refractivity contribution in [2.75, 3.05) is 81.1 Å². The number of amides is 6. The molecule has 0 bridgehead atoms. The minimum Gasteiger partial charge on any atom is -0.507 e. The second kappa shape index (κ2) is 15.0. The summed E-state index contributed by atoms with van der Waals surface area (Å²) in [7, 11) is 1.95. The minimum absolute atomic E-state index is 0.0790. The molecule has 4 fully saturated rings. The van der Waals surface area contributed by atoms with E-state index in [0.29, 0.717) is 54.5 Å². The van der Waals surface area contributed by atoms with Crippen LogP contribution in [0.15, 0.2) is 48.5 Å². The Morgan fingerprint density at radius 3 is 2.40 bits per heavy atom. The van der Waals surface area contributed by atoms with Crippen LogP contribution in [0.2, 0.25) is 0 Å². The number of nitrogens with one attached hydrogen (secondary N) is 2. The van der Waals surface area contributed by atoms with E-state index in [4.69, 9.17) is 0 Å². The van der Waals surface area contributed by atoms with Crippen LogP contribution in [0.25, 0.3) is 11.3 Å². The number of imide groups is 2. The fraction of sp³-hybridized carbons (Fsp3) is 0.488. The summed E-state index contributed by atoms with van der Waals surface area (Å²) < 4.78 is 0. The van der Waals surface area contributed by atoms with Crippen LogP contribution < -0.4 is 20.4 Å². The number of hydrogen-bond acceptors (Lipinski definition) is 12. The number of para-hydroxylation sites is 1. The first-order valence-electron chi connectivity index (χ1n) is 20.1. The zero-order chi connectivity index (χ0) is 39.4. The number of phenols is 1. The number of anilines is 3. The number of urea groups is 1. The minimum atomic E-state index is -0.972. The van der Waals surface area contributed by atoms with Gasteiger partial charge in [-0.1, -0.05) is 12.1 Å². The van der Waals surface area contributed by atoms with Crippen molar-refractivity contribution in [1.82, 2.24) is 35.1 Å². The largest absolute Gasteiger partial charge is 0.507 e. The van der Waals surface area contributed by atoms with Gasteiger partial charge in [-0.25, -0.2) is 4.79 Å². The lowest BCUT2D eigenvalue weighted by Gasteiger charge is -2.47. The molecule has 7 heterocycles. The molecule has 0 saturated carbocycles. The Bertz CT molecular complexity index is 2110. The smallest absolute Gasteiger partial charge is 0.320 e. The lowest BCUT2D eigenvalue weighted by Crippen LogP contribution is -2.61. The summed E-state index contributed by atoms with van der Waals surface area (Å²) >= 11 is 0. The molecule has 6 amide bonds. The van der Waals surface area contributed by atoms with Crippen molar-refractivity contribution in [3.8, 4) is 17.0 Å². The molecule has 2 aromatic carbocycles. The zero-order valence-corrected chi connectivity index (χ0v) is 32.1. The summed E-state index contributed by atoms with van der Waals surface area (Å²) in [6.07, 6.45) is 4.13. The molecule has 0 radical (unpaired) electrons. The summed E-state index contributed by atoms with van der Waals surface area (Å²) in [5, 5.41) is 24.8. The average Bonchev–Trinajstić information content (AvgIpc) is 3.48. The van der Waals surface area contributed by atoms with Gasteiger partial charge in [-0.2, -0.15) is 0 Å². The van der Waals surface area contributed by atoms with Gasteiger partial charge in [0.2, 0.25) is 11.8 Å². The molecule has 57 heavy (non-hydrogen) atoms. The number of piperazine rings is 1. The molecular formula is C41H48N10O6. The third-order valence-corrected chi connectivity index (χ3v) is 12.8. The van der Waals surface area contributed by atoms with Gasteiger partial charge in [0.15, 0.2) is 5.82 Å². The highest BCUT2D eigenvalue weighted by atomic mass is 16.3. The zero-order valence-electron chi connectivity index (χ0n) is 32.1. The number of nitrogens with zero attached hydrogens (tertiary/aromatic N) is 8. The molecule has 298 valence electrons. The number of rotatable bonds is 6. The van der Waals surface area contributed by atoms with Gasteiger partial charge in [0.1, 0.15) is 11.8 Å². The van der Waals surface area contributed by atoms with Crippen LogP contribution in [0.4, 0.5) is 22.0 Å². The molecule has 16 nitrogen and oxygen atoms in total. The first kappa shape index (κ1) is 36.8. The molecule has 9 rings (SSSR count). The Balaban J connectivity index is 0.739. The standard InChI is InChI=1S/C41H48N10O6/c1-46(41(57)49-18-19-50-28(24-49)22-42-37-34(50)21-32(44-45-37)30-4-2-3-5-35(30)52)26-12-14-47(15-13-26)23-25-10-16-48(17-11-25)27-6-7-29-31(20-27)40(56)51(39(29)55)33-8-9-36(53)43-38(33)54/h2-7,20-21,25-26,28,33,52H,8-19,22-24H2,1H3,(H,42,45)(H,43,53,54)/t28-,33?/m0/s1. The fourth-order valence-corrected chi connectivity index (χ4v) is 9.55. The SMILES string of the molecule is CN(C(=O)N1CCN2c3cc(-c4ccccc4O)nnc3NC[C@H]2C1)C1CCN(CC2CCN(c3ccc4c(c3)C(=O)N(C3CCC(=O)NC3=O)C4=O)CC2)CC1. The van der Waals surface area contributed by atoms with Gasteiger partial charge in [0.25, 0.3) is 11.8 Å². The lowest BCUT2D eigenvalue weighted by molar-refractivity contribution is -0.136. The van der Waals surface area contributed by atoms with Crippen LogP contribution in [0.1, 0.15) is 59.2 Å². The third-order valence-electron chi connectivity index (χ3n) is 12.8. The Labute approximate surface area is 330 Å². The van der Waals surface area contributed by atoms with E-state index in [1.807, 2.05) is 41.1 Å². The van der Waals surface area contributed by atoms with E-state index in [1.54, 1.807) is 24.3 Å². The highest BCUT2D eigenvalue weighted by Gasteiger charge is 2.45. The van der Waals surface area contributed by atoms with Gasteiger partial charge in [0.05, 0.1) is 28.6 Å². The molecule has 16 heteroatoms. The van der Waals surface area contributed by atoms with Crippen LogP contribution in [0, 0.1) is 5.92 Å². The molecule has 4 saturated heterocycles. The first-order chi connectivity index (χ1) is 27.6. The summed E-state index contributed by atoms with van der Waals surface area (Å²) in [5.74, 6) is -0.542. The van der Waals surface area contributed by atoms with E-state index in [1.165, 1.54) is 0 Å². The van der Waals surface area contributed by atoms with Crippen molar-refractivity contribution in [2.45, 2.75) is 56.7 Å². The molecule has 1 aromatic heterocycles. The second-order valence-electron chi connectivity index (χ2n) is 16.2. The first-order valence-corrected chi connectivity index (χ1v) is 20.1. The molecule has 2 atom stereocenters. The predicted molar refractivity (Wildman–Crippen MR) is 211 cm³/mol. The maximum Gasteiger partial charge on any atom is 0.320 e. The highest BCUT2D eigenvalue weighted by molar-refractivity contribution is 6.23. The van der Waals surface area contributed by atoms with Gasteiger partial charge in [0, 0.05) is 89.7 Å². The van der Waals surface area contributed by atoms with Crippen molar-refractivity contribution in [3.05, 3.63) is 59.7 Å². The van der Waals surface area contributed by atoms with Crippen LogP contribution in [0.3, 0.4) is 0 Å². The van der Waals surface area contributed by atoms with E-state index in [9.17, 15) is 29.1 Å². The number of phenolic OH excluding ortho intramolecular Hbond substituents is 1. The number of fused-ring (bicyclic) bond motifs is 4. The summed E-state index contributed by atoms with van der Waals surface area (Å²) in [5.41, 5.74) is 3.69. The Kier molecular flexibility index (Phi) is 9.67. The maximum absolute atomic E-state index is 13.8. The summed E-state index contributed by atoms with van der Waals surface area (Å²) in [6.45, 7) is 7.19. The van der Waals surface area contributed by atoms with Gasteiger partial charge in [-0.05, 0) is 74.4 Å². The highest BCUT2D eigenvalue weighted by Crippen LogP contribution is 2.37. The fourth-order valence-electron chi connectivity index (χ4n) is 9.55. The number of aromatic hydroxyl groups is 1. The number of piperidine rings is 3. The van der Waals surface area contributed by atoms with Crippen molar-refractivity contribution in [1.29, 1.82) is 0 Å². The molecular weight excluding hydrogens is 729 g/mol. The van der Waals surface area contributed by atoms with Gasteiger partial charge in [-0.15, -0.1) is 10.2 Å². The van der Waals surface area contributed by atoms with Crippen molar-refractivity contribution >= 4 is 46.9 Å². The van der Waals surface area contributed by atoms with Crippen LogP contribution >= 0.6 is 0 Å². The lowest BCUT2D eigenvalue weighted by atomic mass is 9.94. The van der Waals surface area contributed by atoms with E-state index < -0.39 is 29.7 Å². The molecule has 6 aliphatic heterocycles. The monoisotopic (exact) mass is 776 g/mol. The van der Waals surface area contributed by atoms with E-state index in [2.05, 4.69) is 35.5 Å². The number of aromatic nitrogens is 2. The average molecular weight is 777 g/mol. The summed E-state index contributed by atoms with van der Waals surface area (Å²) in [4.78, 5) is 76.4. The Morgan fingerprint density at radius 2 is 1.63 bits per heavy atom. The van der Waals surface area contributed by atoms with E-state index >= 15 is 0 Å². The van der Waals surface area contributed by atoms with Crippen molar-refractivity contribution in [2.24, 2.45) is 5.92 Å². The van der Waals surface area contributed by atoms with Crippen LogP contribution in [-0.2, 0) is 9.59 Å².